The zero-order valence-electron chi connectivity index (χ0n) is 9.37. The number of carbonyl (C=O) groups is 1. The molecule has 0 bridgehead atoms. The van der Waals surface area contributed by atoms with E-state index in [0.717, 1.165) is 22.9 Å². The minimum absolute atomic E-state index is 0.818. The molecule has 0 aliphatic heterocycles. The first kappa shape index (κ1) is 11.1. The van der Waals surface area contributed by atoms with Crippen LogP contribution in [0.15, 0.2) is 42.7 Å². The van der Waals surface area contributed by atoms with E-state index in [-0.39, 0.29) is 0 Å². The molecule has 17 heavy (non-hydrogen) atoms. The lowest BCUT2D eigenvalue weighted by molar-refractivity contribution is -0.131. The van der Waals surface area contributed by atoms with Crippen LogP contribution in [0.2, 0.25) is 0 Å². The number of aromatic nitrogens is 2. The van der Waals surface area contributed by atoms with Gasteiger partial charge in [-0.3, -0.25) is 0 Å². The van der Waals surface area contributed by atoms with Gasteiger partial charge in [0.2, 0.25) is 0 Å². The van der Waals surface area contributed by atoms with E-state index in [2.05, 4.69) is 5.10 Å². The van der Waals surface area contributed by atoms with Crippen molar-refractivity contribution in [3.05, 3.63) is 53.9 Å². The van der Waals surface area contributed by atoms with Crippen molar-refractivity contribution in [3.63, 3.8) is 0 Å². The average Bonchev–Trinajstić information content (AvgIpc) is 2.73. The Labute approximate surface area is 98.8 Å². The molecule has 1 aromatic heterocycles. The van der Waals surface area contributed by atoms with Crippen molar-refractivity contribution in [3.8, 4) is 5.69 Å². The molecule has 86 valence electrons. The third kappa shape index (κ3) is 2.60. The lowest BCUT2D eigenvalue weighted by Gasteiger charge is -2.05. The van der Waals surface area contributed by atoms with Crippen LogP contribution in [-0.4, -0.2) is 20.9 Å². The Balaban J connectivity index is 2.44. The number of para-hydroxylation sites is 1. The van der Waals surface area contributed by atoms with Crippen LogP contribution in [-0.2, 0) is 4.79 Å². The number of hydrogen-bond acceptors (Lipinski definition) is 2. The van der Waals surface area contributed by atoms with Gasteiger partial charge in [-0.05, 0) is 24.6 Å². The van der Waals surface area contributed by atoms with Crippen molar-refractivity contribution < 1.29 is 9.90 Å². The summed E-state index contributed by atoms with van der Waals surface area (Å²) >= 11 is 0. The summed E-state index contributed by atoms with van der Waals surface area (Å²) in [5, 5.41) is 12.8. The second-order valence-corrected chi connectivity index (χ2v) is 3.69. The lowest BCUT2D eigenvalue weighted by atomic mass is 10.1. The van der Waals surface area contributed by atoms with Crippen LogP contribution < -0.4 is 0 Å². The number of hydrogen-bond donors (Lipinski definition) is 1. The van der Waals surface area contributed by atoms with Crippen molar-refractivity contribution in [1.82, 2.24) is 9.78 Å². The van der Waals surface area contributed by atoms with Gasteiger partial charge < -0.3 is 5.11 Å². The molecule has 1 aromatic carbocycles. The molecule has 0 saturated heterocycles. The molecule has 0 saturated carbocycles. The SMILES string of the molecule is Cc1cnn(-c2ccccc2/C=C/C(=O)O)c1. The molecule has 1 heterocycles. The van der Waals surface area contributed by atoms with Gasteiger partial charge in [-0.2, -0.15) is 5.10 Å². The van der Waals surface area contributed by atoms with Crippen LogP contribution in [0.1, 0.15) is 11.1 Å². The van der Waals surface area contributed by atoms with E-state index in [1.165, 1.54) is 0 Å². The summed E-state index contributed by atoms with van der Waals surface area (Å²) in [6.07, 6.45) is 6.34. The smallest absolute Gasteiger partial charge is 0.328 e. The Bertz CT molecular complexity index is 570. The molecular formula is C13H12N2O2. The van der Waals surface area contributed by atoms with E-state index in [0.29, 0.717) is 0 Å². The maximum Gasteiger partial charge on any atom is 0.328 e. The molecular weight excluding hydrogens is 216 g/mol. The summed E-state index contributed by atoms with van der Waals surface area (Å²) in [7, 11) is 0. The first-order chi connectivity index (χ1) is 8.16. The topological polar surface area (TPSA) is 55.1 Å². The molecule has 4 heteroatoms. The predicted octanol–water partition coefficient (Wildman–Crippen LogP) is 2.28. The molecule has 0 radical (unpaired) electrons. The molecule has 0 aliphatic carbocycles. The zero-order valence-corrected chi connectivity index (χ0v) is 9.37. The molecule has 0 fully saturated rings. The Kier molecular flexibility index (Phi) is 3.05. The van der Waals surface area contributed by atoms with Gasteiger partial charge in [-0.25, -0.2) is 9.48 Å². The van der Waals surface area contributed by atoms with E-state index in [1.54, 1.807) is 17.0 Å². The number of aliphatic carboxylic acids is 1. The second-order valence-electron chi connectivity index (χ2n) is 3.69. The number of rotatable bonds is 3. The highest BCUT2D eigenvalue weighted by Crippen LogP contribution is 2.15. The molecule has 1 N–H and O–H groups in total. The van der Waals surface area contributed by atoms with E-state index in [1.807, 2.05) is 37.4 Å². The molecule has 2 rings (SSSR count). The third-order valence-electron chi connectivity index (χ3n) is 2.30. The van der Waals surface area contributed by atoms with Gasteiger partial charge >= 0.3 is 5.97 Å². The van der Waals surface area contributed by atoms with Crippen LogP contribution in [0.3, 0.4) is 0 Å². The molecule has 0 amide bonds. The van der Waals surface area contributed by atoms with Crippen LogP contribution in [0.5, 0.6) is 0 Å². The number of carboxylic acid groups (broad SMARTS) is 1. The van der Waals surface area contributed by atoms with Crippen LogP contribution in [0, 0.1) is 6.92 Å². The van der Waals surface area contributed by atoms with Crippen molar-refractivity contribution >= 4 is 12.0 Å². The molecule has 0 spiro atoms. The molecule has 0 atom stereocenters. The normalized spacial score (nSPS) is 10.9. The van der Waals surface area contributed by atoms with Crippen LogP contribution in [0.4, 0.5) is 0 Å². The number of aryl methyl sites for hydroxylation is 1. The van der Waals surface area contributed by atoms with Crippen LogP contribution in [0.25, 0.3) is 11.8 Å². The zero-order chi connectivity index (χ0) is 12.3. The minimum atomic E-state index is -0.962. The lowest BCUT2D eigenvalue weighted by Crippen LogP contribution is -1.97. The number of benzene rings is 1. The van der Waals surface area contributed by atoms with Crippen LogP contribution >= 0.6 is 0 Å². The number of nitrogens with zero attached hydrogens (tertiary/aromatic N) is 2. The Morgan fingerprint density at radius 3 is 2.82 bits per heavy atom. The van der Waals surface area contributed by atoms with E-state index < -0.39 is 5.97 Å². The van der Waals surface area contributed by atoms with Gasteiger partial charge in [0, 0.05) is 17.8 Å². The maximum atomic E-state index is 10.5. The summed E-state index contributed by atoms with van der Waals surface area (Å²) in [6.45, 7) is 1.96. The Morgan fingerprint density at radius 1 is 1.41 bits per heavy atom. The third-order valence-corrected chi connectivity index (χ3v) is 2.30. The van der Waals surface area contributed by atoms with Gasteiger partial charge in [-0.1, -0.05) is 18.2 Å². The van der Waals surface area contributed by atoms with E-state index in [4.69, 9.17) is 5.11 Å². The largest absolute Gasteiger partial charge is 0.478 e. The summed E-state index contributed by atoms with van der Waals surface area (Å²) in [5.41, 5.74) is 2.73. The fourth-order valence-corrected chi connectivity index (χ4v) is 1.54. The summed E-state index contributed by atoms with van der Waals surface area (Å²) in [5.74, 6) is -0.962. The summed E-state index contributed by atoms with van der Waals surface area (Å²) < 4.78 is 1.73. The van der Waals surface area contributed by atoms with Crippen molar-refractivity contribution in [2.75, 3.05) is 0 Å². The van der Waals surface area contributed by atoms with Gasteiger partial charge in [0.25, 0.3) is 0 Å². The van der Waals surface area contributed by atoms with Gasteiger partial charge in [0.15, 0.2) is 0 Å². The first-order valence-electron chi connectivity index (χ1n) is 5.18. The highest BCUT2D eigenvalue weighted by molar-refractivity contribution is 5.86. The first-order valence-corrected chi connectivity index (χ1v) is 5.18. The monoisotopic (exact) mass is 228 g/mol. The molecule has 2 aromatic rings. The maximum absolute atomic E-state index is 10.5. The van der Waals surface area contributed by atoms with Gasteiger partial charge in [-0.15, -0.1) is 0 Å². The predicted molar refractivity (Wildman–Crippen MR) is 65.0 cm³/mol. The Hall–Kier alpha value is -2.36. The fourth-order valence-electron chi connectivity index (χ4n) is 1.54. The highest BCUT2D eigenvalue weighted by Gasteiger charge is 2.02. The van der Waals surface area contributed by atoms with Gasteiger partial charge in [0.1, 0.15) is 0 Å². The second kappa shape index (κ2) is 4.65. The summed E-state index contributed by atoms with van der Waals surface area (Å²) in [6, 6.07) is 7.51. The average molecular weight is 228 g/mol. The summed E-state index contributed by atoms with van der Waals surface area (Å²) in [4.78, 5) is 10.5. The minimum Gasteiger partial charge on any atom is -0.478 e. The standard InChI is InChI=1S/C13H12N2O2/c1-10-8-14-15(9-10)12-5-3-2-4-11(12)6-7-13(16)17/h2-9H,1H3,(H,16,17)/b7-6+. The highest BCUT2D eigenvalue weighted by atomic mass is 16.4. The van der Waals surface area contributed by atoms with Crippen molar-refractivity contribution in [2.45, 2.75) is 6.92 Å². The van der Waals surface area contributed by atoms with Crippen molar-refractivity contribution in [1.29, 1.82) is 0 Å². The number of carboxylic acids is 1. The van der Waals surface area contributed by atoms with E-state index in [9.17, 15) is 4.79 Å². The molecule has 0 unspecified atom stereocenters. The molecule has 0 aliphatic rings. The van der Waals surface area contributed by atoms with E-state index >= 15 is 0 Å². The van der Waals surface area contributed by atoms with Crippen molar-refractivity contribution in [2.24, 2.45) is 0 Å². The Morgan fingerprint density at radius 2 is 2.18 bits per heavy atom. The molecule has 4 nitrogen and oxygen atoms in total. The fraction of sp³-hybridized carbons (Fsp3) is 0.0769. The quantitative estimate of drug-likeness (QED) is 0.820. The van der Waals surface area contributed by atoms with Gasteiger partial charge in [0.05, 0.1) is 11.9 Å².